The third-order valence-electron chi connectivity index (χ3n) is 3.02. The molecule has 0 saturated heterocycles. The molecule has 0 saturated carbocycles. The van der Waals surface area contributed by atoms with Crippen LogP contribution >= 0.6 is 0 Å². The van der Waals surface area contributed by atoms with Gasteiger partial charge in [0.05, 0.1) is 0 Å². The molecule has 1 aromatic carbocycles. The number of rotatable bonds is 7. The zero-order valence-corrected chi connectivity index (χ0v) is 12.5. The third-order valence-corrected chi connectivity index (χ3v) is 3.02. The Bertz CT molecular complexity index is 345. The Morgan fingerprint density at radius 1 is 1.11 bits per heavy atom. The van der Waals surface area contributed by atoms with Crippen molar-refractivity contribution in [3.05, 3.63) is 29.8 Å². The Labute approximate surface area is 112 Å². The molecule has 2 nitrogen and oxygen atoms in total. The van der Waals surface area contributed by atoms with Gasteiger partial charge >= 0.3 is 0 Å². The van der Waals surface area contributed by atoms with Crippen molar-refractivity contribution in [2.75, 3.05) is 19.4 Å². The molecule has 0 fully saturated rings. The first-order chi connectivity index (χ1) is 8.47. The zero-order valence-electron chi connectivity index (χ0n) is 12.5. The average Bonchev–Trinajstić information content (AvgIpc) is 2.26. The summed E-state index contributed by atoms with van der Waals surface area (Å²) >= 11 is 0. The number of hydrogen-bond acceptors (Lipinski definition) is 2. The predicted molar refractivity (Wildman–Crippen MR) is 81.0 cm³/mol. The van der Waals surface area contributed by atoms with Gasteiger partial charge in [-0.3, -0.25) is 0 Å². The largest absolute Gasteiger partial charge is 0.383 e. The van der Waals surface area contributed by atoms with Crippen LogP contribution in [-0.2, 0) is 6.54 Å². The second-order valence-electron chi connectivity index (χ2n) is 5.95. The molecule has 0 aliphatic heterocycles. The van der Waals surface area contributed by atoms with Crippen LogP contribution in [0, 0.1) is 5.92 Å². The van der Waals surface area contributed by atoms with Gasteiger partial charge in [-0.05, 0) is 57.5 Å². The predicted octanol–water partition coefficient (Wildman–Crippen LogP) is 3.98. The van der Waals surface area contributed by atoms with Crippen molar-refractivity contribution < 1.29 is 0 Å². The summed E-state index contributed by atoms with van der Waals surface area (Å²) in [5.74, 6) is 0.786. The molecule has 0 aliphatic carbocycles. The van der Waals surface area contributed by atoms with Crippen LogP contribution in [0.25, 0.3) is 0 Å². The molecule has 0 aliphatic rings. The maximum Gasteiger partial charge on any atom is 0.0345 e. The summed E-state index contributed by atoms with van der Waals surface area (Å²) in [7, 11) is 4.21. The lowest BCUT2D eigenvalue weighted by atomic mass is 10.0. The van der Waals surface area contributed by atoms with E-state index in [4.69, 9.17) is 0 Å². The fourth-order valence-corrected chi connectivity index (χ4v) is 2.06. The van der Waals surface area contributed by atoms with E-state index in [-0.39, 0.29) is 0 Å². The summed E-state index contributed by atoms with van der Waals surface area (Å²) in [5.41, 5.74) is 2.60. The molecule has 0 spiro atoms. The second kappa shape index (κ2) is 7.42. The van der Waals surface area contributed by atoms with E-state index < -0.39 is 0 Å². The van der Waals surface area contributed by atoms with Gasteiger partial charge in [0.2, 0.25) is 0 Å². The van der Waals surface area contributed by atoms with Gasteiger partial charge in [0.1, 0.15) is 0 Å². The van der Waals surface area contributed by atoms with E-state index in [1.165, 1.54) is 24.1 Å². The van der Waals surface area contributed by atoms with E-state index in [0.717, 1.165) is 12.5 Å². The first kappa shape index (κ1) is 15.0. The molecular formula is C16H28N2. The van der Waals surface area contributed by atoms with Crippen molar-refractivity contribution in [2.24, 2.45) is 5.92 Å². The molecule has 18 heavy (non-hydrogen) atoms. The van der Waals surface area contributed by atoms with Gasteiger partial charge in [-0.2, -0.15) is 0 Å². The van der Waals surface area contributed by atoms with Gasteiger partial charge in [-0.25, -0.2) is 0 Å². The van der Waals surface area contributed by atoms with E-state index >= 15 is 0 Å². The average molecular weight is 248 g/mol. The van der Waals surface area contributed by atoms with Gasteiger partial charge in [0, 0.05) is 18.3 Å². The normalized spacial score (nSPS) is 13.1. The van der Waals surface area contributed by atoms with Gasteiger partial charge in [-0.1, -0.05) is 26.0 Å². The maximum absolute atomic E-state index is 3.59. The van der Waals surface area contributed by atoms with Crippen LogP contribution in [0.5, 0.6) is 0 Å². The maximum atomic E-state index is 3.59. The molecule has 0 bridgehead atoms. The molecule has 1 unspecified atom stereocenters. The minimum atomic E-state index is 0.544. The highest BCUT2D eigenvalue weighted by molar-refractivity contribution is 5.46. The highest BCUT2D eigenvalue weighted by atomic mass is 15.0. The SMILES string of the molecule is CC(C)CCC(C)Nc1cccc(CN(C)C)c1. The Kier molecular flexibility index (Phi) is 6.20. The number of hydrogen-bond donors (Lipinski definition) is 1. The standard InChI is InChI=1S/C16H28N2/c1-13(2)9-10-14(3)17-16-8-6-7-15(11-16)12-18(4)5/h6-8,11,13-14,17H,9-10,12H2,1-5H3. The molecule has 1 N–H and O–H groups in total. The smallest absolute Gasteiger partial charge is 0.0345 e. The molecule has 0 amide bonds. The second-order valence-corrected chi connectivity index (χ2v) is 5.95. The number of nitrogens with zero attached hydrogens (tertiary/aromatic N) is 1. The number of anilines is 1. The van der Waals surface area contributed by atoms with Crippen LogP contribution in [-0.4, -0.2) is 25.0 Å². The van der Waals surface area contributed by atoms with E-state index in [0.29, 0.717) is 6.04 Å². The Balaban J connectivity index is 2.50. The zero-order chi connectivity index (χ0) is 13.5. The van der Waals surface area contributed by atoms with Gasteiger partial charge in [0.15, 0.2) is 0 Å². The van der Waals surface area contributed by atoms with Crippen molar-refractivity contribution >= 4 is 5.69 Å². The van der Waals surface area contributed by atoms with E-state index in [9.17, 15) is 0 Å². The van der Waals surface area contributed by atoms with E-state index in [1.54, 1.807) is 0 Å². The van der Waals surface area contributed by atoms with Crippen LogP contribution in [0.3, 0.4) is 0 Å². The molecule has 0 heterocycles. The summed E-state index contributed by atoms with van der Waals surface area (Å²) in [6.07, 6.45) is 2.52. The Morgan fingerprint density at radius 2 is 1.83 bits per heavy atom. The lowest BCUT2D eigenvalue weighted by molar-refractivity contribution is 0.402. The molecule has 1 atom stereocenters. The molecule has 0 radical (unpaired) electrons. The summed E-state index contributed by atoms with van der Waals surface area (Å²) in [6, 6.07) is 9.28. The van der Waals surface area contributed by atoms with Crippen molar-refractivity contribution in [3.63, 3.8) is 0 Å². The first-order valence-corrected chi connectivity index (χ1v) is 6.97. The highest BCUT2D eigenvalue weighted by Crippen LogP contribution is 2.15. The molecule has 1 rings (SSSR count). The van der Waals surface area contributed by atoms with Crippen molar-refractivity contribution in [3.8, 4) is 0 Å². The Hall–Kier alpha value is -1.02. The van der Waals surface area contributed by atoms with E-state index in [2.05, 4.69) is 69.3 Å². The molecule has 0 aromatic heterocycles. The van der Waals surface area contributed by atoms with Crippen molar-refractivity contribution in [1.29, 1.82) is 0 Å². The van der Waals surface area contributed by atoms with Crippen LogP contribution < -0.4 is 5.32 Å². The lowest BCUT2D eigenvalue weighted by Crippen LogP contribution is -2.16. The highest BCUT2D eigenvalue weighted by Gasteiger charge is 2.04. The summed E-state index contributed by atoms with van der Waals surface area (Å²) in [6.45, 7) is 7.83. The van der Waals surface area contributed by atoms with Gasteiger partial charge < -0.3 is 10.2 Å². The number of benzene rings is 1. The third kappa shape index (κ3) is 6.06. The van der Waals surface area contributed by atoms with Crippen molar-refractivity contribution in [2.45, 2.75) is 46.2 Å². The summed E-state index contributed by atoms with van der Waals surface area (Å²) in [4.78, 5) is 2.20. The first-order valence-electron chi connectivity index (χ1n) is 6.97. The Morgan fingerprint density at radius 3 is 2.44 bits per heavy atom. The summed E-state index contributed by atoms with van der Waals surface area (Å²) in [5, 5.41) is 3.59. The fraction of sp³-hybridized carbons (Fsp3) is 0.625. The van der Waals surface area contributed by atoms with Gasteiger partial charge in [0.25, 0.3) is 0 Å². The fourth-order valence-electron chi connectivity index (χ4n) is 2.06. The van der Waals surface area contributed by atoms with Gasteiger partial charge in [-0.15, -0.1) is 0 Å². The van der Waals surface area contributed by atoms with Crippen LogP contribution in [0.1, 0.15) is 39.2 Å². The molecule has 1 aromatic rings. The van der Waals surface area contributed by atoms with Crippen LogP contribution in [0.4, 0.5) is 5.69 Å². The van der Waals surface area contributed by atoms with Crippen LogP contribution in [0.15, 0.2) is 24.3 Å². The van der Waals surface area contributed by atoms with Crippen LogP contribution in [0.2, 0.25) is 0 Å². The quantitative estimate of drug-likeness (QED) is 0.785. The minimum Gasteiger partial charge on any atom is -0.383 e. The molecule has 2 heteroatoms. The molecule has 102 valence electrons. The topological polar surface area (TPSA) is 15.3 Å². The van der Waals surface area contributed by atoms with Crippen molar-refractivity contribution in [1.82, 2.24) is 4.90 Å². The number of nitrogens with one attached hydrogen (secondary N) is 1. The summed E-state index contributed by atoms with van der Waals surface area (Å²) < 4.78 is 0. The molecular weight excluding hydrogens is 220 g/mol. The minimum absolute atomic E-state index is 0.544. The lowest BCUT2D eigenvalue weighted by Gasteiger charge is -2.17. The monoisotopic (exact) mass is 248 g/mol. The van der Waals surface area contributed by atoms with E-state index in [1.807, 2.05) is 0 Å².